The Kier molecular flexibility index (Phi) is 4.51. The molecule has 3 rings (SSSR count). The summed E-state index contributed by atoms with van der Waals surface area (Å²) >= 11 is 0. The van der Waals surface area contributed by atoms with Crippen molar-refractivity contribution in [3.63, 3.8) is 0 Å². The van der Waals surface area contributed by atoms with Crippen molar-refractivity contribution in [2.24, 2.45) is 7.05 Å². The zero-order chi connectivity index (χ0) is 18.0. The standard InChI is InChI=1S/C17H19N5O3/c1-10-14(9-18-22(10)2)19-15(23)8-7-13-17(25)20-12-6-4-3-5-11(12)16(24)21-13/h3-6,9,13H,7-8H2,1-2H3,(H,19,23)(H,20,25)(H,21,24)/t13-/m1/s1. The lowest BCUT2D eigenvalue weighted by Crippen LogP contribution is -2.41. The molecule has 1 atom stereocenters. The number of amides is 3. The number of carbonyl (C=O) groups excluding carboxylic acids is 3. The maximum atomic E-state index is 12.3. The second kappa shape index (κ2) is 6.76. The van der Waals surface area contributed by atoms with Gasteiger partial charge in [-0.25, -0.2) is 0 Å². The van der Waals surface area contributed by atoms with Crippen LogP contribution in [0, 0.1) is 6.92 Å². The van der Waals surface area contributed by atoms with Gasteiger partial charge in [0.1, 0.15) is 6.04 Å². The Morgan fingerprint density at radius 2 is 2.08 bits per heavy atom. The van der Waals surface area contributed by atoms with Crippen LogP contribution >= 0.6 is 0 Å². The Balaban J connectivity index is 1.62. The highest BCUT2D eigenvalue weighted by Gasteiger charge is 2.27. The van der Waals surface area contributed by atoms with Gasteiger partial charge in [-0.1, -0.05) is 12.1 Å². The van der Waals surface area contributed by atoms with Crippen LogP contribution in [0.25, 0.3) is 0 Å². The van der Waals surface area contributed by atoms with Crippen LogP contribution in [0.1, 0.15) is 28.9 Å². The van der Waals surface area contributed by atoms with Crippen molar-refractivity contribution >= 4 is 29.1 Å². The van der Waals surface area contributed by atoms with Gasteiger partial charge in [-0.2, -0.15) is 5.10 Å². The largest absolute Gasteiger partial charge is 0.340 e. The molecule has 0 saturated heterocycles. The van der Waals surface area contributed by atoms with Crippen LogP contribution in [-0.2, 0) is 16.6 Å². The first-order chi connectivity index (χ1) is 12.0. The molecule has 1 aromatic carbocycles. The van der Waals surface area contributed by atoms with Crippen molar-refractivity contribution in [3.8, 4) is 0 Å². The topological polar surface area (TPSA) is 105 Å². The Bertz CT molecular complexity index is 843. The number of aromatic nitrogens is 2. The summed E-state index contributed by atoms with van der Waals surface area (Å²) in [5.74, 6) is -0.897. The maximum Gasteiger partial charge on any atom is 0.254 e. The van der Waals surface area contributed by atoms with Crippen LogP contribution in [0.3, 0.4) is 0 Å². The Hall–Kier alpha value is -3.16. The summed E-state index contributed by atoms with van der Waals surface area (Å²) in [7, 11) is 1.79. The van der Waals surface area contributed by atoms with Crippen LogP contribution in [0.5, 0.6) is 0 Å². The molecule has 0 bridgehead atoms. The molecule has 1 aliphatic heterocycles. The third-order valence-corrected chi connectivity index (χ3v) is 4.22. The number of rotatable bonds is 4. The number of fused-ring (bicyclic) bond motifs is 1. The molecule has 1 aromatic heterocycles. The number of nitrogens with zero attached hydrogens (tertiary/aromatic N) is 2. The van der Waals surface area contributed by atoms with Crippen molar-refractivity contribution in [3.05, 3.63) is 41.7 Å². The Labute approximate surface area is 144 Å². The molecule has 2 heterocycles. The van der Waals surface area contributed by atoms with E-state index < -0.39 is 6.04 Å². The predicted octanol–water partition coefficient (Wildman–Crippen LogP) is 1.20. The monoisotopic (exact) mass is 341 g/mol. The van der Waals surface area contributed by atoms with Crippen molar-refractivity contribution in [2.75, 3.05) is 10.6 Å². The highest BCUT2D eigenvalue weighted by molar-refractivity contribution is 6.09. The molecule has 0 spiro atoms. The fraction of sp³-hybridized carbons (Fsp3) is 0.294. The average molecular weight is 341 g/mol. The van der Waals surface area contributed by atoms with Crippen LogP contribution in [0.2, 0.25) is 0 Å². The highest BCUT2D eigenvalue weighted by Crippen LogP contribution is 2.19. The minimum absolute atomic E-state index is 0.100. The first-order valence-electron chi connectivity index (χ1n) is 7.95. The third-order valence-electron chi connectivity index (χ3n) is 4.22. The van der Waals surface area contributed by atoms with Gasteiger partial charge in [0, 0.05) is 13.5 Å². The summed E-state index contributed by atoms with van der Waals surface area (Å²) in [5, 5.41) is 12.2. The Morgan fingerprint density at radius 1 is 1.32 bits per heavy atom. The molecular weight excluding hydrogens is 322 g/mol. The van der Waals surface area contributed by atoms with Crippen LogP contribution in [-0.4, -0.2) is 33.5 Å². The van der Waals surface area contributed by atoms with Gasteiger partial charge in [0.05, 0.1) is 28.8 Å². The van der Waals surface area contributed by atoms with E-state index in [4.69, 9.17) is 0 Å². The molecule has 130 valence electrons. The van der Waals surface area contributed by atoms with Crippen molar-refractivity contribution in [2.45, 2.75) is 25.8 Å². The molecule has 3 N–H and O–H groups in total. The van der Waals surface area contributed by atoms with Crippen LogP contribution in [0.4, 0.5) is 11.4 Å². The van der Waals surface area contributed by atoms with E-state index >= 15 is 0 Å². The number of aryl methyl sites for hydroxylation is 1. The highest BCUT2D eigenvalue weighted by atomic mass is 16.2. The van der Waals surface area contributed by atoms with Crippen LogP contribution < -0.4 is 16.0 Å². The van der Waals surface area contributed by atoms with Crippen molar-refractivity contribution in [1.29, 1.82) is 0 Å². The summed E-state index contributed by atoms with van der Waals surface area (Å²) in [6.07, 6.45) is 1.88. The van der Waals surface area contributed by atoms with Gasteiger partial charge in [0.15, 0.2) is 0 Å². The molecule has 0 aliphatic carbocycles. The van der Waals surface area contributed by atoms with Crippen molar-refractivity contribution in [1.82, 2.24) is 15.1 Å². The first kappa shape index (κ1) is 16.7. The maximum absolute atomic E-state index is 12.3. The molecule has 3 amide bonds. The second-order valence-electron chi connectivity index (χ2n) is 5.91. The second-order valence-corrected chi connectivity index (χ2v) is 5.91. The average Bonchev–Trinajstić information content (AvgIpc) is 2.83. The van der Waals surface area contributed by atoms with Gasteiger partial charge >= 0.3 is 0 Å². The lowest BCUT2D eigenvalue weighted by molar-refractivity contribution is -0.118. The zero-order valence-corrected chi connectivity index (χ0v) is 14.0. The Morgan fingerprint density at radius 3 is 2.80 bits per heavy atom. The molecule has 2 aromatic rings. The van der Waals surface area contributed by atoms with Gasteiger partial charge in [-0.05, 0) is 25.5 Å². The van der Waals surface area contributed by atoms with E-state index in [9.17, 15) is 14.4 Å². The number of nitrogens with one attached hydrogen (secondary N) is 3. The summed E-state index contributed by atoms with van der Waals surface area (Å²) in [4.78, 5) is 36.6. The molecular formula is C17H19N5O3. The van der Waals surface area contributed by atoms with E-state index in [-0.39, 0.29) is 30.6 Å². The minimum atomic E-state index is -0.763. The number of carbonyl (C=O) groups is 3. The number of hydrogen-bond acceptors (Lipinski definition) is 4. The summed E-state index contributed by atoms with van der Waals surface area (Å²) in [6.45, 7) is 1.85. The van der Waals surface area contributed by atoms with Crippen LogP contribution in [0.15, 0.2) is 30.5 Å². The van der Waals surface area contributed by atoms with E-state index in [1.165, 1.54) is 0 Å². The molecule has 0 unspecified atom stereocenters. The fourth-order valence-electron chi connectivity index (χ4n) is 2.62. The van der Waals surface area contributed by atoms with Gasteiger partial charge in [0.25, 0.3) is 5.91 Å². The minimum Gasteiger partial charge on any atom is -0.340 e. The number of anilines is 2. The summed E-state index contributed by atoms with van der Waals surface area (Å²) in [6, 6.07) is 6.03. The van der Waals surface area contributed by atoms with E-state index in [1.807, 2.05) is 6.92 Å². The zero-order valence-electron chi connectivity index (χ0n) is 14.0. The molecule has 25 heavy (non-hydrogen) atoms. The number of hydrogen-bond donors (Lipinski definition) is 3. The lowest BCUT2D eigenvalue weighted by atomic mass is 10.1. The smallest absolute Gasteiger partial charge is 0.254 e. The lowest BCUT2D eigenvalue weighted by Gasteiger charge is -2.14. The first-order valence-corrected chi connectivity index (χ1v) is 7.95. The molecule has 0 saturated carbocycles. The predicted molar refractivity (Wildman–Crippen MR) is 92.1 cm³/mol. The third kappa shape index (κ3) is 3.52. The molecule has 0 fully saturated rings. The van der Waals surface area contributed by atoms with Gasteiger partial charge < -0.3 is 16.0 Å². The van der Waals surface area contributed by atoms with E-state index in [1.54, 1.807) is 42.2 Å². The SMILES string of the molecule is Cc1c(NC(=O)CC[C@H]2NC(=O)c3ccccc3NC2=O)cnn1C. The fourth-order valence-corrected chi connectivity index (χ4v) is 2.62. The number of para-hydroxylation sites is 1. The molecule has 0 radical (unpaired) electrons. The number of benzene rings is 1. The van der Waals surface area contributed by atoms with E-state index in [2.05, 4.69) is 21.0 Å². The molecule has 8 heteroatoms. The van der Waals surface area contributed by atoms with Gasteiger partial charge in [-0.3, -0.25) is 19.1 Å². The van der Waals surface area contributed by atoms with Gasteiger partial charge in [-0.15, -0.1) is 0 Å². The summed E-state index contributed by atoms with van der Waals surface area (Å²) in [5.41, 5.74) is 2.36. The normalized spacial score (nSPS) is 16.5. The van der Waals surface area contributed by atoms with Gasteiger partial charge in [0.2, 0.25) is 11.8 Å². The molecule has 8 nitrogen and oxygen atoms in total. The summed E-state index contributed by atoms with van der Waals surface area (Å²) < 4.78 is 1.66. The quantitative estimate of drug-likeness (QED) is 0.777. The molecule has 1 aliphatic rings. The van der Waals surface area contributed by atoms with Crippen molar-refractivity contribution < 1.29 is 14.4 Å². The van der Waals surface area contributed by atoms with E-state index in [0.29, 0.717) is 16.9 Å². The van der Waals surface area contributed by atoms with E-state index in [0.717, 1.165) is 5.69 Å².